The van der Waals surface area contributed by atoms with Crippen molar-refractivity contribution in [2.75, 3.05) is 11.5 Å². The van der Waals surface area contributed by atoms with E-state index in [0.717, 1.165) is 10.9 Å². The van der Waals surface area contributed by atoms with E-state index in [1.165, 1.54) is 30.4 Å². The Labute approximate surface area is 114 Å². The summed E-state index contributed by atoms with van der Waals surface area (Å²) in [7, 11) is 0. The number of nitrogens with two attached hydrogens (primary N) is 1. The summed E-state index contributed by atoms with van der Waals surface area (Å²) in [6, 6.07) is 4.82. The van der Waals surface area contributed by atoms with E-state index in [0.29, 0.717) is 11.5 Å². The molecule has 94 valence electrons. The van der Waals surface area contributed by atoms with Crippen molar-refractivity contribution in [1.82, 2.24) is 0 Å². The smallest absolute Gasteiger partial charge is 0.128 e. The molecule has 1 aliphatic rings. The minimum absolute atomic E-state index is 0.180. The normalized spacial score (nSPS) is 19.2. The summed E-state index contributed by atoms with van der Waals surface area (Å²) in [5.41, 5.74) is 6.76. The van der Waals surface area contributed by atoms with Crippen LogP contribution in [0, 0.1) is 11.7 Å². The quantitative estimate of drug-likeness (QED) is 0.907. The van der Waals surface area contributed by atoms with Crippen molar-refractivity contribution in [2.24, 2.45) is 11.7 Å². The molecule has 4 heteroatoms. The second-order valence-corrected chi connectivity index (χ2v) is 6.70. The zero-order chi connectivity index (χ0) is 12.3. The van der Waals surface area contributed by atoms with E-state index < -0.39 is 0 Å². The van der Waals surface area contributed by atoms with Gasteiger partial charge in [0.2, 0.25) is 0 Å². The van der Waals surface area contributed by atoms with Gasteiger partial charge in [0.25, 0.3) is 0 Å². The second-order valence-electron chi connectivity index (χ2n) is 4.56. The molecule has 1 aromatic rings. The van der Waals surface area contributed by atoms with E-state index in [1.807, 2.05) is 11.8 Å². The highest BCUT2D eigenvalue weighted by atomic mass is 79.9. The molecule has 0 spiro atoms. The topological polar surface area (TPSA) is 26.0 Å². The number of hydrogen-bond acceptors (Lipinski definition) is 2. The molecular formula is C13H17BrFNS. The van der Waals surface area contributed by atoms with E-state index in [9.17, 15) is 4.39 Å². The largest absolute Gasteiger partial charge is 0.324 e. The molecule has 1 saturated heterocycles. The van der Waals surface area contributed by atoms with Gasteiger partial charge < -0.3 is 5.73 Å². The van der Waals surface area contributed by atoms with Gasteiger partial charge in [-0.2, -0.15) is 11.8 Å². The zero-order valence-electron chi connectivity index (χ0n) is 9.66. The molecule has 0 radical (unpaired) electrons. The van der Waals surface area contributed by atoms with Crippen LogP contribution in [-0.2, 0) is 0 Å². The molecule has 0 bridgehead atoms. The van der Waals surface area contributed by atoms with Crippen molar-refractivity contribution in [2.45, 2.75) is 25.3 Å². The molecule has 2 N–H and O–H groups in total. The Morgan fingerprint density at radius 3 is 2.82 bits per heavy atom. The molecular weight excluding hydrogens is 301 g/mol. The van der Waals surface area contributed by atoms with Crippen LogP contribution >= 0.6 is 27.7 Å². The average molecular weight is 318 g/mol. The summed E-state index contributed by atoms with van der Waals surface area (Å²) >= 11 is 5.37. The number of hydrogen-bond donors (Lipinski definition) is 1. The molecule has 0 aromatic heterocycles. The molecule has 17 heavy (non-hydrogen) atoms. The molecule has 0 amide bonds. The van der Waals surface area contributed by atoms with E-state index >= 15 is 0 Å². The maximum atomic E-state index is 13.7. The Balaban J connectivity index is 2.02. The molecule has 1 aliphatic heterocycles. The monoisotopic (exact) mass is 317 g/mol. The number of benzene rings is 1. The maximum Gasteiger partial charge on any atom is 0.128 e. The van der Waals surface area contributed by atoms with Crippen LogP contribution in [0.25, 0.3) is 0 Å². The Kier molecular flexibility index (Phi) is 4.88. The maximum absolute atomic E-state index is 13.7. The SMILES string of the molecule is NC(CC1CCSCC1)c1cc(Br)ccc1F. The molecule has 1 unspecified atom stereocenters. The van der Waals surface area contributed by atoms with Gasteiger partial charge in [-0.05, 0) is 54.9 Å². The van der Waals surface area contributed by atoms with Crippen molar-refractivity contribution >= 4 is 27.7 Å². The van der Waals surface area contributed by atoms with Gasteiger partial charge in [0, 0.05) is 16.1 Å². The van der Waals surface area contributed by atoms with Crippen LogP contribution in [-0.4, -0.2) is 11.5 Å². The number of halogens is 2. The lowest BCUT2D eigenvalue weighted by atomic mass is 9.91. The molecule has 2 rings (SSSR count). The van der Waals surface area contributed by atoms with Crippen molar-refractivity contribution in [3.8, 4) is 0 Å². The predicted octanol–water partition coefficient (Wildman–Crippen LogP) is 4.12. The number of rotatable bonds is 3. The summed E-state index contributed by atoms with van der Waals surface area (Å²) in [6.07, 6.45) is 3.33. The van der Waals surface area contributed by atoms with Crippen molar-refractivity contribution < 1.29 is 4.39 Å². The van der Waals surface area contributed by atoms with Crippen molar-refractivity contribution in [3.05, 3.63) is 34.1 Å². The molecule has 0 saturated carbocycles. The fourth-order valence-electron chi connectivity index (χ4n) is 2.27. The van der Waals surface area contributed by atoms with Gasteiger partial charge >= 0.3 is 0 Å². The average Bonchev–Trinajstić information content (AvgIpc) is 2.33. The summed E-state index contributed by atoms with van der Waals surface area (Å²) in [5, 5.41) is 0. The highest BCUT2D eigenvalue weighted by molar-refractivity contribution is 9.10. The number of thioether (sulfide) groups is 1. The highest BCUT2D eigenvalue weighted by Crippen LogP contribution is 2.31. The van der Waals surface area contributed by atoms with Crippen LogP contribution in [0.3, 0.4) is 0 Å². The Hall–Kier alpha value is -0.0600. The molecule has 1 nitrogen and oxygen atoms in total. The van der Waals surface area contributed by atoms with Crippen LogP contribution < -0.4 is 5.73 Å². The molecule has 0 aliphatic carbocycles. The van der Waals surface area contributed by atoms with E-state index in [-0.39, 0.29) is 11.9 Å². The van der Waals surface area contributed by atoms with Gasteiger partial charge in [0.05, 0.1) is 0 Å². The first-order valence-electron chi connectivity index (χ1n) is 5.95. The minimum atomic E-state index is -0.189. The standard InChI is InChI=1S/C13H17BrFNS/c14-10-1-2-12(15)11(8-10)13(16)7-9-3-5-17-6-4-9/h1-2,8-9,13H,3-7,16H2. The van der Waals surface area contributed by atoms with Crippen molar-refractivity contribution in [1.29, 1.82) is 0 Å². The van der Waals surface area contributed by atoms with Gasteiger partial charge in [-0.25, -0.2) is 4.39 Å². The van der Waals surface area contributed by atoms with Gasteiger partial charge in [-0.15, -0.1) is 0 Å². The molecule has 1 fully saturated rings. The van der Waals surface area contributed by atoms with Crippen LogP contribution in [0.2, 0.25) is 0 Å². The Morgan fingerprint density at radius 2 is 2.12 bits per heavy atom. The highest BCUT2D eigenvalue weighted by Gasteiger charge is 2.19. The minimum Gasteiger partial charge on any atom is -0.324 e. The van der Waals surface area contributed by atoms with E-state index in [4.69, 9.17) is 5.73 Å². The van der Waals surface area contributed by atoms with Crippen LogP contribution in [0.15, 0.2) is 22.7 Å². The van der Waals surface area contributed by atoms with Gasteiger partial charge in [0.1, 0.15) is 5.82 Å². The third kappa shape index (κ3) is 3.70. The predicted molar refractivity (Wildman–Crippen MR) is 75.7 cm³/mol. The molecule has 1 heterocycles. The summed E-state index contributed by atoms with van der Waals surface area (Å²) in [5.74, 6) is 2.91. The van der Waals surface area contributed by atoms with Crippen LogP contribution in [0.4, 0.5) is 4.39 Å². The summed E-state index contributed by atoms with van der Waals surface area (Å²) in [4.78, 5) is 0. The molecule has 1 atom stereocenters. The Bertz CT molecular complexity index is 380. The fourth-order valence-corrected chi connectivity index (χ4v) is 3.85. The van der Waals surface area contributed by atoms with Gasteiger partial charge in [-0.3, -0.25) is 0 Å². The second kappa shape index (κ2) is 6.21. The molecule has 1 aromatic carbocycles. The van der Waals surface area contributed by atoms with E-state index in [2.05, 4.69) is 15.9 Å². The third-order valence-corrected chi connectivity index (χ3v) is 4.83. The first kappa shape index (κ1) is 13.4. The fraction of sp³-hybridized carbons (Fsp3) is 0.538. The van der Waals surface area contributed by atoms with Gasteiger partial charge in [-0.1, -0.05) is 15.9 Å². The Morgan fingerprint density at radius 1 is 1.41 bits per heavy atom. The van der Waals surface area contributed by atoms with E-state index in [1.54, 1.807) is 12.1 Å². The lowest BCUT2D eigenvalue weighted by molar-refractivity contribution is 0.406. The van der Waals surface area contributed by atoms with Gasteiger partial charge in [0.15, 0.2) is 0 Å². The lowest BCUT2D eigenvalue weighted by Crippen LogP contribution is -2.19. The summed E-state index contributed by atoms with van der Waals surface area (Å²) < 4.78 is 14.6. The first-order valence-corrected chi connectivity index (χ1v) is 7.90. The summed E-state index contributed by atoms with van der Waals surface area (Å²) in [6.45, 7) is 0. The van der Waals surface area contributed by atoms with Crippen LogP contribution in [0.1, 0.15) is 30.9 Å². The first-order chi connectivity index (χ1) is 8.16. The zero-order valence-corrected chi connectivity index (χ0v) is 12.1. The van der Waals surface area contributed by atoms with Crippen LogP contribution in [0.5, 0.6) is 0 Å². The van der Waals surface area contributed by atoms with Crippen molar-refractivity contribution in [3.63, 3.8) is 0 Å². The lowest BCUT2D eigenvalue weighted by Gasteiger charge is -2.24. The third-order valence-electron chi connectivity index (χ3n) is 3.29.